The minimum atomic E-state index is -3.47. The highest BCUT2D eigenvalue weighted by Crippen LogP contribution is 2.32. The second-order valence-electron chi connectivity index (χ2n) is 5.14. The van der Waals surface area contributed by atoms with Gasteiger partial charge in [-0.25, -0.2) is 8.42 Å². The molecule has 0 spiro atoms. The van der Waals surface area contributed by atoms with Gasteiger partial charge in [-0.3, -0.25) is 0 Å². The first-order chi connectivity index (χ1) is 9.36. The molecule has 0 aromatic heterocycles. The molecule has 1 atom stereocenters. The zero-order valence-electron chi connectivity index (χ0n) is 11.3. The lowest BCUT2D eigenvalue weighted by atomic mass is 10.0. The van der Waals surface area contributed by atoms with Gasteiger partial charge < -0.3 is 5.73 Å². The predicted molar refractivity (Wildman–Crippen MR) is 87.1 cm³/mol. The summed E-state index contributed by atoms with van der Waals surface area (Å²) in [5.74, 6) is 0.256. The van der Waals surface area contributed by atoms with Crippen molar-refractivity contribution in [1.82, 2.24) is 4.31 Å². The molecule has 112 valence electrons. The van der Waals surface area contributed by atoms with Crippen molar-refractivity contribution < 1.29 is 8.42 Å². The number of aryl methyl sites for hydroxylation is 1. The highest BCUT2D eigenvalue weighted by Gasteiger charge is 2.31. The van der Waals surface area contributed by atoms with Gasteiger partial charge in [0.25, 0.3) is 0 Å². The van der Waals surface area contributed by atoms with Crippen molar-refractivity contribution in [3.8, 4) is 0 Å². The van der Waals surface area contributed by atoms with Gasteiger partial charge in [0, 0.05) is 22.0 Å². The largest absolute Gasteiger partial charge is 0.330 e. The number of piperidine rings is 1. The zero-order valence-corrected chi connectivity index (χ0v) is 15.3. The maximum atomic E-state index is 12.8. The van der Waals surface area contributed by atoms with Gasteiger partial charge in [-0.15, -0.1) is 0 Å². The van der Waals surface area contributed by atoms with Gasteiger partial charge in [0.15, 0.2) is 0 Å². The SMILES string of the molecule is Cc1cc(Br)c(S(=O)(=O)N2CCCC(CN)C2)cc1Br. The number of sulfonamides is 1. The lowest BCUT2D eigenvalue weighted by molar-refractivity contribution is 0.271. The van der Waals surface area contributed by atoms with E-state index in [9.17, 15) is 8.42 Å². The summed E-state index contributed by atoms with van der Waals surface area (Å²) in [7, 11) is -3.47. The van der Waals surface area contributed by atoms with Crippen LogP contribution in [0.4, 0.5) is 0 Å². The average molecular weight is 426 g/mol. The van der Waals surface area contributed by atoms with E-state index in [0.717, 1.165) is 22.9 Å². The molecular formula is C13H18Br2N2O2S. The molecule has 1 aliphatic heterocycles. The summed E-state index contributed by atoms with van der Waals surface area (Å²) in [6, 6.07) is 3.49. The number of halogens is 2. The van der Waals surface area contributed by atoms with Crippen molar-refractivity contribution in [2.75, 3.05) is 19.6 Å². The summed E-state index contributed by atoms with van der Waals surface area (Å²) in [4.78, 5) is 0.313. The van der Waals surface area contributed by atoms with E-state index in [1.54, 1.807) is 10.4 Å². The number of rotatable bonds is 3. The van der Waals surface area contributed by atoms with Gasteiger partial charge in [0.05, 0.1) is 4.90 Å². The van der Waals surface area contributed by atoms with Crippen LogP contribution in [0, 0.1) is 12.8 Å². The van der Waals surface area contributed by atoms with Crippen LogP contribution in [0.5, 0.6) is 0 Å². The zero-order chi connectivity index (χ0) is 14.9. The van der Waals surface area contributed by atoms with E-state index in [4.69, 9.17) is 5.73 Å². The van der Waals surface area contributed by atoms with Crippen LogP contribution in [0.1, 0.15) is 18.4 Å². The van der Waals surface area contributed by atoms with Crippen LogP contribution in [0.25, 0.3) is 0 Å². The van der Waals surface area contributed by atoms with Gasteiger partial charge in [-0.1, -0.05) is 15.9 Å². The third kappa shape index (κ3) is 3.27. The van der Waals surface area contributed by atoms with E-state index in [2.05, 4.69) is 31.9 Å². The topological polar surface area (TPSA) is 63.4 Å². The molecule has 1 aromatic rings. The van der Waals surface area contributed by atoms with E-state index in [1.165, 1.54) is 0 Å². The fourth-order valence-electron chi connectivity index (χ4n) is 2.40. The number of hydrogen-bond donors (Lipinski definition) is 1. The summed E-state index contributed by atoms with van der Waals surface area (Å²) in [5, 5.41) is 0. The van der Waals surface area contributed by atoms with Crippen molar-refractivity contribution in [3.05, 3.63) is 26.6 Å². The maximum absolute atomic E-state index is 12.8. The number of nitrogens with zero attached hydrogens (tertiary/aromatic N) is 1. The summed E-state index contributed by atoms with van der Waals surface area (Å²) in [6.07, 6.45) is 1.87. The lowest BCUT2D eigenvalue weighted by Gasteiger charge is -2.31. The van der Waals surface area contributed by atoms with E-state index < -0.39 is 10.0 Å². The van der Waals surface area contributed by atoms with Crippen LogP contribution in [-0.4, -0.2) is 32.4 Å². The molecule has 1 aliphatic rings. The second kappa shape index (κ2) is 6.44. The van der Waals surface area contributed by atoms with Crippen LogP contribution >= 0.6 is 31.9 Å². The Morgan fingerprint density at radius 3 is 2.70 bits per heavy atom. The molecule has 20 heavy (non-hydrogen) atoms. The first-order valence-electron chi connectivity index (χ1n) is 6.52. The molecule has 2 rings (SSSR count). The number of benzene rings is 1. The number of nitrogens with two attached hydrogens (primary N) is 1. The fourth-order valence-corrected chi connectivity index (χ4v) is 5.60. The van der Waals surface area contributed by atoms with Gasteiger partial charge in [-0.2, -0.15) is 4.31 Å². The van der Waals surface area contributed by atoms with Crippen LogP contribution in [0.2, 0.25) is 0 Å². The number of hydrogen-bond acceptors (Lipinski definition) is 3. The van der Waals surface area contributed by atoms with Crippen LogP contribution in [-0.2, 0) is 10.0 Å². The molecule has 0 radical (unpaired) electrons. The highest BCUT2D eigenvalue weighted by atomic mass is 79.9. The summed E-state index contributed by atoms with van der Waals surface area (Å²) in [5.41, 5.74) is 6.68. The molecule has 1 unspecified atom stereocenters. The third-order valence-corrected chi connectivity index (χ3v) is 7.32. The molecule has 0 amide bonds. The maximum Gasteiger partial charge on any atom is 0.244 e. The molecule has 0 aliphatic carbocycles. The Morgan fingerprint density at radius 2 is 2.05 bits per heavy atom. The van der Waals surface area contributed by atoms with Gasteiger partial charge in [0.2, 0.25) is 10.0 Å². The molecule has 4 nitrogen and oxygen atoms in total. The van der Waals surface area contributed by atoms with Gasteiger partial charge in [0.1, 0.15) is 0 Å². The summed E-state index contributed by atoms with van der Waals surface area (Å²) in [6.45, 7) is 3.54. The second-order valence-corrected chi connectivity index (χ2v) is 8.75. The summed E-state index contributed by atoms with van der Waals surface area (Å²) >= 11 is 6.76. The molecular weight excluding hydrogens is 408 g/mol. The van der Waals surface area contributed by atoms with Crippen molar-refractivity contribution >= 4 is 41.9 Å². The Balaban J connectivity index is 2.37. The minimum absolute atomic E-state index is 0.256. The Kier molecular flexibility index (Phi) is 5.29. The van der Waals surface area contributed by atoms with Crippen molar-refractivity contribution in [2.24, 2.45) is 11.7 Å². The van der Waals surface area contributed by atoms with Crippen molar-refractivity contribution in [2.45, 2.75) is 24.7 Å². The van der Waals surface area contributed by atoms with E-state index in [1.807, 2.05) is 13.0 Å². The predicted octanol–water partition coefficient (Wildman–Crippen LogP) is 2.88. The molecule has 7 heteroatoms. The van der Waals surface area contributed by atoms with Gasteiger partial charge >= 0.3 is 0 Å². The Labute approximate surface area is 137 Å². The third-order valence-electron chi connectivity index (χ3n) is 3.65. The van der Waals surface area contributed by atoms with E-state index in [-0.39, 0.29) is 5.92 Å². The first kappa shape index (κ1) is 16.4. The molecule has 0 bridgehead atoms. The molecule has 2 N–H and O–H groups in total. The van der Waals surface area contributed by atoms with E-state index in [0.29, 0.717) is 29.0 Å². The monoisotopic (exact) mass is 424 g/mol. The quantitative estimate of drug-likeness (QED) is 0.809. The summed E-state index contributed by atoms with van der Waals surface area (Å²) < 4.78 is 28.5. The standard InChI is InChI=1S/C13H18Br2N2O2S/c1-9-5-12(15)13(6-11(9)14)20(18,19)17-4-2-3-10(7-16)8-17/h5-6,10H,2-4,7-8,16H2,1H3. The minimum Gasteiger partial charge on any atom is -0.330 e. The Morgan fingerprint density at radius 1 is 1.35 bits per heavy atom. The van der Waals surface area contributed by atoms with Crippen LogP contribution in [0.15, 0.2) is 26.0 Å². The highest BCUT2D eigenvalue weighted by molar-refractivity contribution is 9.11. The van der Waals surface area contributed by atoms with Crippen molar-refractivity contribution in [1.29, 1.82) is 0 Å². The Bertz CT molecular complexity index is 605. The Hall–Kier alpha value is 0.0500. The van der Waals surface area contributed by atoms with E-state index >= 15 is 0 Å². The molecule has 1 aromatic carbocycles. The average Bonchev–Trinajstić information content (AvgIpc) is 2.42. The molecule has 1 fully saturated rings. The molecule has 0 saturated carbocycles. The fraction of sp³-hybridized carbons (Fsp3) is 0.538. The smallest absolute Gasteiger partial charge is 0.244 e. The van der Waals surface area contributed by atoms with Crippen LogP contribution in [0.3, 0.4) is 0 Å². The normalized spacial score (nSPS) is 21.1. The van der Waals surface area contributed by atoms with Crippen molar-refractivity contribution in [3.63, 3.8) is 0 Å². The van der Waals surface area contributed by atoms with Crippen LogP contribution < -0.4 is 5.73 Å². The molecule has 1 saturated heterocycles. The molecule has 1 heterocycles. The lowest BCUT2D eigenvalue weighted by Crippen LogP contribution is -2.42. The first-order valence-corrected chi connectivity index (χ1v) is 9.54. The van der Waals surface area contributed by atoms with Gasteiger partial charge in [-0.05, 0) is 65.9 Å².